The highest BCUT2D eigenvalue weighted by Gasteiger charge is 2.20. The highest BCUT2D eigenvalue weighted by Crippen LogP contribution is 2.25. The summed E-state index contributed by atoms with van der Waals surface area (Å²) in [5.74, 6) is 1.07. The summed E-state index contributed by atoms with van der Waals surface area (Å²) >= 11 is 6.16. The van der Waals surface area contributed by atoms with Crippen LogP contribution in [-0.4, -0.2) is 22.2 Å². The molecule has 3 aromatic carbocycles. The van der Waals surface area contributed by atoms with Crippen LogP contribution in [-0.2, 0) is 11.3 Å². The Balaban J connectivity index is 1.39. The summed E-state index contributed by atoms with van der Waals surface area (Å²) < 4.78 is 11.1. The molecule has 1 amide bonds. The molecule has 4 rings (SSSR count). The minimum absolute atomic E-state index is 0.105. The first kappa shape index (κ1) is 19.9. The highest BCUT2D eigenvalue weighted by atomic mass is 35.5. The topological polar surface area (TPSA) is 77.2 Å². The molecule has 6 nitrogen and oxygen atoms in total. The van der Waals surface area contributed by atoms with E-state index in [9.17, 15) is 4.79 Å². The van der Waals surface area contributed by atoms with Crippen molar-refractivity contribution in [1.29, 1.82) is 0 Å². The van der Waals surface area contributed by atoms with Crippen LogP contribution in [0.15, 0.2) is 71.3 Å². The second-order valence-corrected chi connectivity index (χ2v) is 7.14. The van der Waals surface area contributed by atoms with Crippen LogP contribution in [0.2, 0.25) is 5.02 Å². The fraction of sp³-hybridized carbons (Fsp3) is 0.174. The van der Waals surface area contributed by atoms with Crippen LogP contribution in [0.5, 0.6) is 5.75 Å². The zero-order chi connectivity index (χ0) is 20.9. The number of rotatable bonds is 7. The van der Waals surface area contributed by atoms with E-state index < -0.39 is 6.10 Å². The van der Waals surface area contributed by atoms with E-state index in [4.69, 9.17) is 20.9 Å². The molecular formula is C23H20ClN3O3. The molecule has 1 aromatic heterocycles. The number of carbonyl (C=O) groups excluding carboxylic acids is 1. The number of carbonyl (C=O) groups is 1. The Morgan fingerprint density at radius 1 is 1.10 bits per heavy atom. The van der Waals surface area contributed by atoms with Crippen molar-refractivity contribution in [2.24, 2.45) is 0 Å². The third-order valence-electron chi connectivity index (χ3n) is 4.66. The van der Waals surface area contributed by atoms with Crippen LogP contribution in [0.25, 0.3) is 22.2 Å². The number of benzene rings is 3. The summed E-state index contributed by atoms with van der Waals surface area (Å²) in [5.41, 5.74) is 0.673. The predicted molar refractivity (Wildman–Crippen MR) is 115 cm³/mol. The van der Waals surface area contributed by atoms with Crippen molar-refractivity contribution < 1.29 is 14.1 Å². The Kier molecular flexibility index (Phi) is 5.95. The largest absolute Gasteiger partial charge is 0.481 e. The minimum Gasteiger partial charge on any atom is -0.481 e. The van der Waals surface area contributed by atoms with E-state index in [1.165, 1.54) is 0 Å². The molecule has 30 heavy (non-hydrogen) atoms. The van der Waals surface area contributed by atoms with Gasteiger partial charge in [-0.1, -0.05) is 66.1 Å². The van der Waals surface area contributed by atoms with Gasteiger partial charge in [0.2, 0.25) is 11.7 Å². The molecule has 0 spiro atoms. The van der Waals surface area contributed by atoms with Gasteiger partial charge in [-0.3, -0.25) is 4.79 Å². The molecule has 0 aliphatic carbocycles. The zero-order valence-corrected chi connectivity index (χ0v) is 17.1. The minimum atomic E-state index is -0.628. The van der Waals surface area contributed by atoms with Gasteiger partial charge in [-0.25, -0.2) is 0 Å². The van der Waals surface area contributed by atoms with Gasteiger partial charge in [0, 0.05) is 5.56 Å². The third kappa shape index (κ3) is 4.44. The number of nitrogens with one attached hydrogen (secondary N) is 1. The maximum Gasteiger partial charge on any atom is 0.261 e. The maximum absolute atomic E-state index is 12.6. The summed E-state index contributed by atoms with van der Waals surface area (Å²) in [6, 6.07) is 21.0. The SMILES string of the molecule is CC[C@@H](Oc1ccc2ccccc2c1)C(=O)NCc1nc(-c2ccccc2Cl)no1. The Hall–Kier alpha value is -3.38. The first-order valence-corrected chi connectivity index (χ1v) is 10.0. The van der Waals surface area contributed by atoms with Crippen LogP contribution in [0.4, 0.5) is 0 Å². The lowest BCUT2D eigenvalue weighted by Crippen LogP contribution is -2.37. The zero-order valence-electron chi connectivity index (χ0n) is 16.3. The van der Waals surface area contributed by atoms with Crippen molar-refractivity contribution in [3.05, 3.63) is 77.6 Å². The number of amides is 1. The lowest BCUT2D eigenvalue weighted by Gasteiger charge is -2.17. The van der Waals surface area contributed by atoms with Crippen molar-refractivity contribution in [3.63, 3.8) is 0 Å². The Morgan fingerprint density at radius 2 is 1.87 bits per heavy atom. The second kappa shape index (κ2) is 8.97. The fourth-order valence-electron chi connectivity index (χ4n) is 3.08. The van der Waals surface area contributed by atoms with E-state index in [1.807, 2.05) is 61.5 Å². The molecule has 0 saturated carbocycles. The monoisotopic (exact) mass is 421 g/mol. The molecular weight excluding hydrogens is 402 g/mol. The first-order chi connectivity index (χ1) is 14.6. The molecule has 0 unspecified atom stereocenters. The second-order valence-electron chi connectivity index (χ2n) is 6.73. The van der Waals surface area contributed by atoms with E-state index in [-0.39, 0.29) is 12.5 Å². The fourth-order valence-corrected chi connectivity index (χ4v) is 3.30. The van der Waals surface area contributed by atoms with E-state index in [2.05, 4.69) is 15.5 Å². The van der Waals surface area contributed by atoms with Gasteiger partial charge < -0.3 is 14.6 Å². The van der Waals surface area contributed by atoms with Crippen molar-refractivity contribution >= 4 is 28.3 Å². The molecule has 0 fully saturated rings. The molecule has 1 atom stereocenters. The van der Waals surface area contributed by atoms with E-state index in [0.717, 1.165) is 10.8 Å². The van der Waals surface area contributed by atoms with E-state index in [1.54, 1.807) is 12.1 Å². The molecule has 7 heteroatoms. The summed E-state index contributed by atoms with van der Waals surface area (Å²) in [7, 11) is 0. The summed E-state index contributed by atoms with van der Waals surface area (Å²) in [6.07, 6.45) is -0.106. The summed E-state index contributed by atoms with van der Waals surface area (Å²) in [6.45, 7) is 2.00. The number of hydrogen-bond donors (Lipinski definition) is 1. The molecule has 1 N–H and O–H groups in total. The highest BCUT2D eigenvalue weighted by molar-refractivity contribution is 6.33. The number of nitrogens with zero attached hydrogens (tertiary/aromatic N) is 2. The molecule has 0 radical (unpaired) electrons. The van der Waals surface area contributed by atoms with Crippen molar-refractivity contribution in [1.82, 2.24) is 15.5 Å². The molecule has 0 aliphatic rings. The van der Waals surface area contributed by atoms with Gasteiger partial charge in [-0.15, -0.1) is 0 Å². The van der Waals surface area contributed by atoms with Crippen molar-refractivity contribution in [2.45, 2.75) is 26.0 Å². The maximum atomic E-state index is 12.6. The Bertz CT molecular complexity index is 1180. The quantitative estimate of drug-likeness (QED) is 0.453. The average molecular weight is 422 g/mol. The Labute approximate surface area is 178 Å². The lowest BCUT2D eigenvalue weighted by molar-refractivity contribution is -0.128. The smallest absolute Gasteiger partial charge is 0.261 e. The summed E-state index contributed by atoms with van der Waals surface area (Å²) in [4.78, 5) is 16.9. The number of ether oxygens (including phenoxy) is 1. The van der Waals surface area contributed by atoms with Gasteiger partial charge in [0.25, 0.3) is 5.91 Å². The van der Waals surface area contributed by atoms with Crippen LogP contribution >= 0.6 is 11.6 Å². The van der Waals surface area contributed by atoms with Gasteiger partial charge in [0.05, 0.1) is 11.6 Å². The number of aromatic nitrogens is 2. The lowest BCUT2D eigenvalue weighted by atomic mass is 10.1. The van der Waals surface area contributed by atoms with Crippen LogP contribution in [0.1, 0.15) is 19.2 Å². The molecule has 0 aliphatic heterocycles. The standard InChI is InChI=1S/C23H20ClN3O3/c1-2-20(29-17-12-11-15-7-3-4-8-16(15)13-17)23(28)25-14-21-26-22(27-30-21)18-9-5-6-10-19(18)24/h3-13,20H,2,14H2,1H3,(H,25,28)/t20-/m1/s1. The summed E-state index contributed by atoms with van der Waals surface area (Å²) in [5, 5.41) is 9.44. The third-order valence-corrected chi connectivity index (χ3v) is 4.99. The van der Waals surface area contributed by atoms with Crippen LogP contribution in [0.3, 0.4) is 0 Å². The van der Waals surface area contributed by atoms with Gasteiger partial charge in [0.1, 0.15) is 5.75 Å². The normalized spacial score (nSPS) is 11.9. The van der Waals surface area contributed by atoms with Crippen molar-refractivity contribution in [2.75, 3.05) is 0 Å². The van der Waals surface area contributed by atoms with Crippen LogP contribution < -0.4 is 10.1 Å². The van der Waals surface area contributed by atoms with Gasteiger partial charge in [0.15, 0.2) is 6.10 Å². The molecule has 0 saturated heterocycles. The van der Waals surface area contributed by atoms with Gasteiger partial charge in [-0.2, -0.15) is 4.98 Å². The van der Waals surface area contributed by atoms with Gasteiger partial charge in [-0.05, 0) is 41.5 Å². The van der Waals surface area contributed by atoms with Crippen LogP contribution in [0, 0.1) is 0 Å². The molecule has 0 bridgehead atoms. The average Bonchev–Trinajstić information content (AvgIpc) is 3.25. The molecule has 152 valence electrons. The number of hydrogen-bond acceptors (Lipinski definition) is 5. The number of halogens is 1. The molecule has 1 heterocycles. The van der Waals surface area contributed by atoms with Crippen molar-refractivity contribution in [3.8, 4) is 17.1 Å². The molecule has 4 aromatic rings. The number of fused-ring (bicyclic) bond motifs is 1. The van der Waals surface area contributed by atoms with E-state index >= 15 is 0 Å². The first-order valence-electron chi connectivity index (χ1n) is 9.64. The predicted octanol–water partition coefficient (Wildman–Crippen LogP) is 5.02. The van der Waals surface area contributed by atoms with E-state index in [0.29, 0.717) is 34.5 Å². The van der Waals surface area contributed by atoms with Gasteiger partial charge >= 0.3 is 0 Å². The Morgan fingerprint density at radius 3 is 2.67 bits per heavy atom.